The molecule has 0 unspecified atom stereocenters. The smallest absolute Gasteiger partial charge is 0.156 e. The maximum absolute atomic E-state index is 11.9. The predicted molar refractivity (Wildman–Crippen MR) is 82.1 cm³/mol. The van der Waals surface area contributed by atoms with Crippen molar-refractivity contribution in [1.82, 2.24) is 4.90 Å². The summed E-state index contributed by atoms with van der Waals surface area (Å²) in [5.41, 5.74) is 2.11. The Morgan fingerprint density at radius 1 is 1.40 bits per heavy atom. The molecule has 3 nitrogen and oxygen atoms in total. The van der Waals surface area contributed by atoms with E-state index in [2.05, 4.69) is 4.90 Å². The Morgan fingerprint density at radius 2 is 2.15 bits per heavy atom. The fourth-order valence-corrected chi connectivity index (χ4v) is 2.41. The molecule has 1 aliphatic heterocycles. The second-order valence-electron chi connectivity index (χ2n) is 5.00. The Balaban J connectivity index is 1.82. The van der Waals surface area contributed by atoms with Gasteiger partial charge in [0.1, 0.15) is 0 Å². The van der Waals surface area contributed by atoms with E-state index in [1.165, 1.54) is 0 Å². The lowest BCUT2D eigenvalue weighted by Gasteiger charge is -2.25. The summed E-state index contributed by atoms with van der Waals surface area (Å²) in [7, 11) is 0. The molecule has 0 saturated carbocycles. The lowest BCUT2D eigenvalue weighted by atomic mass is 10.1. The number of allylic oxidation sites excluding steroid dienone is 1. The summed E-state index contributed by atoms with van der Waals surface area (Å²) in [6.07, 6.45) is 4.09. The van der Waals surface area contributed by atoms with Crippen molar-refractivity contribution in [3.8, 4) is 0 Å². The molecule has 1 fully saturated rings. The number of ketones is 1. The maximum Gasteiger partial charge on any atom is 0.156 e. The number of hydrogen-bond donors (Lipinski definition) is 0. The quantitative estimate of drug-likeness (QED) is 0.782. The molecule has 1 aromatic carbocycles. The molecule has 20 heavy (non-hydrogen) atoms. The van der Waals surface area contributed by atoms with E-state index < -0.39 is 0 Å². The highest BCUT2D eigenvalue weighted by molar-refractivity contribution is 6.30. The average molecular weight is 294 g/mol. The van der Waals surface area contributed by atoms with Gasteiger partial charge in [-0.25, -0.2) is 0 Å². The van der Waals surface area contributed by atoms with Gasteiger partial charge in [0.05, 0.1) is 13.2 Å². The molecule has 1 aromatic rings. The maximum atomic E-state index is 11.9. The van der Waals surface area contributed by atoms with Crippen LogP contribution in [0.3, 0.4) is 0 Å². The van der Waals surface area contributed by atoms with Crippen LogP contribution in [-0.4, -0.2) is 43.5 Å². The minimum Gasteiger partial charge on any atom is -0.379 e. The van der Waals surface area contributed by atoms with Crippen LogP contribution in [0.1, 0.15) is 17.5 Å². The SMILES string of the molecule is Cc1cc(Cl)ccc1/C=C/C(=O)CCN1CCOCC1. The fourth-order valence-electron chi connectivity index (χ4n) is 2.19. The molecule has 0 N–H and O–H groups in total. The summed E-state index contributed by atoms with van der Waals surface area (Å²) >= 11 is 5.91. The van der Waals surface area contributed by atoms with Gasteiger partial charge < -0.3 is 4.74 Å². The summed E-state index contributed by atoms with van der Waals surface area (Å²) in [4.78, 5) is 14.1. The zero-order valence-electron chi connectivity index (χ0n) is 11.8. The molecule has 4 heteroatoms. The molecular weight excluding hydrogens is 274 g/mol. The van der Waals surface area contributed by atoms with Crippen LogP contribution in [0.4, 0.5) is 0 Å². The van der Waals surface area contributed by atoms with Crippen molar-refractivity contribution in [2.24, 2.45) is 0 Å². The minimum atomic E-state index is 0.158. The van der Waals surface area contributed by atoms with Crippen LogP contribution in [0.15, 0.2) is 24.3 Å². The van der Waals surface area contributed by atoms with E-state index >= 15 is 0 Å². The number of rotatable bonds is 5. The molecule has 1 heterocycles. The van der Waals surface area contributed by atoms with Crippen molar-refractivity contribution >= 4 is 23.5 Å². The number of morpholine rings is 1. The largest absolute Gasteiger partial charge is 0.379 e. The summed E-state index contributed by atoms with van der Waals surface area (Å²) in [5.74, 6) is 0.158. The first-order chi connectivity index (χ1) is 9.65. The number of hydrogen-bond acceptors (Lipinski definition) is 3. The van der Waals surface area contributed by atoms with Gasteiger partial charge in [0, 0.05) is 31.1 Å². The van der Waals surface area contributed by atoms with Gasteiger partial charge in [-0.2, -0.15) is 0 Å². The topological polar surface area (TPSA) is 29.5 Å². The molecule has 1 saturated heterocycles. The van der Waals surface area contributed by atoms with Gasteiger partial charge in [0.2, 0.25) is 0 Å². The normalized spacial score (nSPS) is 16.7. The first-order valence-electron chi connectivity index (χ1n) is 6.92. The Bertz CT molecular complexity index is 493. The molecule has 0 radical (unpaired) electrons. The zero-order valence-corrected chi connectivity index (χ0v) is 12.5. The average Bonchev–Trinajstić information content (AvgIpc) is 2.45. The second-order valence-corrected chi connectivity index (χ2v) is 5.44. The number of nitrogens with zero attached hydrogens (tertiary/aromatic N) is 1. The highest BCUT2D eigenvalue weighted by Gasteiger charge is 2.10. The van der Waals surface area contributed by atoms with E-state index in [4.69, 9.17) is 16.3 Å². The zero-order chi connectivity index (χ0) is 14.4. The first-order valence-corrected chi connectivity index (χ1v) is 7.30. The third-order valence-corrected chi connectivity index (χ3v) is 3.69. The molecule has 0 aromatic heterocycles. The molecule has 108 valence electrons. The van der Waals surface area contributed by atoms with E-state index in [9.17, 15) is 4.79 Å². The Morgan fingerprint density at radius 3 is 2.85 bits per heavy atom. The summed E-state index contributed by atoms with van der Waals surface area (Å²) in [6.45, 7) is 6.19. The van der Waals surface area contributed by atoms with Crippen LogP contribution < -0.4 is 0 Å². The molecule has 0 bridgehead atoms. The van der Waals surface area contributed by atoms with E-state index in [1.54, 1.807) is 6.08 Å². The van der Waals surface area contributed by atoms with E-state index in [1.807, 2.05) is 31.2 Å². The first kappa shape index (κ1) is 15.2. The van der Waals surface area contributed by atoms with Crippen LogP contribution >= 0.6 is 11.6 Å². The number of ether oxygens (including phenoxy) is 1. The van der Waals surface area contributed by atoms with Crippen LogP contribution in [0, 0.1) is 6.92 Å². The van der Waals surface area contributed by atoms with Gasteiger partial charge >= 0.3 is 0 Å². The van der Waals surface area contributed by atoms with Gasteiger partial charge in [-0.15, -0.1) is 0 Å². The van der Waals surface area contributed by atoms with Gasteiger partial charge in [0.25, 0.3) is 0 Å². The Labute approximate surface area is 125 Å². The van der Waals surface area contributed by atoms with Crippen molar-refractivity contribution in [3.05, 3.63) is 40.4 Å². The third-order valence-electron chi connectivity index (χ3n) is 3.46. The molecule has 0 aliphatic carbocycles. The number of aryl methyl sites for hydroxylation is 1. The van der Waals surface area contributed by atoms with E-state index in [0.29, 0.717) is 6.42 Å². The van der Waals surface area contributed by atoms with Gasteiger partial charge in [0.15, 0.2) is 5.78 Å². The van der Waals surface area contributed by atoms with Crippen molar-refractivity contribution in [2.45, 2.75) is 13.3 Å². The Kier molecular flexibility index (Phi) is 5.77. The highest BCUT2D eigenvalue weighted by atomic mass is 35.5. The fraction of sp³-hybridized carbons (Fsp3) is 0.438. The lowest BCUT2D eigenvalue weighted by molar-refractivity contribution is -0.115. The predicted octanol–water partition coefficient (Wildman–Crippen LogP) is 2.95. The minimum absolute atomic E-state index is 0.158. The van der Waals surface area contributed by atoms with Gasteiger partial charge in [-0.05, 0) is 36.3 Å². The number of benzene rings is 1. The van der Waals surface area contributed by atoms with Gasteiger partial charge in [-0.3, -0.25) is 9.69 Å². The second kappa shape index (κ2) is 7.58. The molecular formula is C16H20ClNO2. The van der Waals surface area contributed by atoms with Crippen molar-refractivity contribution < 1.29 is 9.53 Å². The standard InChI is InChI=1S/C16H20ClNO2/c1-13-12-15(17)4-2-14(13)3-5-16(19)6-7-18-8-10-20-11-9-18/h2-5,12H,6-11H2,1H3/b5-3+. The number of halogens is 1. The summed E-state index contributed by atoms with van der Waals surface area (Å²) in [5, 5.41) is 0.721. The van der Waals surface area contributed by atoms with Crippen LogP contribution in [0.25, 0.3) is 6.08 Å². The monoisotopic (exact) mass is 293 g/mol. The third kappa shape index (κ3) is 4.75. The Hall–Kier alpha value is -1.16. The van der Waals surface area contributed by atoms with Crippen LogP contribution in [-0.2, 0) is 9.53 Å². The highest BCUT2D eigenvalue weighted by Crippen LogP contribution is 2.16. The van der Waals surface area contributed by atoms with E-state index in [0.717, 1.165) is 49.0 Å². The summed E-state index contributed by atoms with van der Waals surface area (Å²) in [6, 6.07) is 5.68. The number of carbonyl (C=O) groups excluding carboxylic acids is 1. The lowest BCUT2D eigenvalue weighted by Crippen LogP contribution is -2.37. The molecule has 0 atom stereocenters. The van der Waals surface area contributed by atoms with Crippen molar-refractivity contribution in [1.29, 1.82) is 0 Å². The van der Waals surface area contributed by atoms with Crippen molar-refractivity contribution in [2.75, 3.05) is 32.8 Å². The van der Waals surface area contributed by atoms with Crippen LogP contribution in [0.2, 0.25) is 5.02 Å². The van der Waals surface area contributed by atoms with Gasteiger partial charge in [-0.1, -0.05) is 23.7 Å². The molecule has 0 amide bonds. The van der Waals surface area contributed by atoms with Crippen molar-refractivity contribution in [3.63, 3.8) is 0 Å². The number of carbonyl (C=O) groups is 1. The summed E-state index contributed by atoms with van der Waals surface area (Å²) < 4.78 is 5.28. The molecule has 0 spiro atoms. The van der Waals surface area contributed by atoms with E-state index in [-0.39, 0.29) is 5.78 Å². The molecule has 1 aliphatic rings. The molecule has 2 rings (SSSR count). The van der Waals surface area contributed by atoms with Crippen LogP contribution in [0.5, 0.6) is 0 Å².